The molecular weight excluding hydrogens is 506 g/mol. The van der Waals surface area contributed by atoms with Crippen LogP contribution in [0.15, 0.2) is 65.3 Å². The molecule has 1 N–H and O–H groups in total. The molecule has 9 heteroatoms. The van der Waals surface area contributed by atoms with Gasteiger partial charge in [-0.2, -0.15) is 0 Å². The first-order chi connectivity index (χ1) is 18.1. The topological polar surface area (TPSA) is 95.6 Å². The first-order valence-corrected chi connectivity index (χ1v) is 13.0. The largest absolute Gasteiger partial charge is 0.464 e. The molecule has 0 radical (unpaired) electrons. The molecule has 1 atom stereocenters. The number of alkyl carbamates (subject to hydrolysis) is 1. The predicted molar refractivity (Wildman–Crippen MR) is 146 cm³/mol. The number of nitrogens with zero attached hydrogens (tertiary/aromatic N) is 2. The second kappa shape index (κ2) is 11.7. The van der Waals surface area contributed by atoms with E-state index in [-0.39, 0.29) is 13.0 Å². The Balaban J connectivity index is 1.53. The summed E-state index contributed by atoms with van der Waals surface area (Å²) >= 11 is 6.30. The number of amides is 1. The summed E-state index contributed by atoms with van der Waals surface area (Å²) in [6, 6.07) is 16.4. The Hall–Kier alpha value is -3.78. The van der Waals surface area contributed by atoms with Crippen LogP contribution in [-0.4, -0.2) is 40.0 Å². The van der Waals surface area contributed by atoms with Gasteiger partial charge in [-0.1, -0.05) is 53.2 Å². The minimum absolute atomic E-state index is 0.209. The van der Waals surface area contributed by atoms with E-state index in [0.29, 0.717) is 23.7 Å². The third-order valence-corrected chi connectivity index (χ3v) is 6.19. The number of benzene rings is 2. The van der Waals surface area contributed by atoms with Crippen LogP contribution in [0.1, 0.15) is 39.0 Å². The van der Waals surface area contributed by atoms with Crippen molar-refractivity contribution in [2.24, 2.45) is 0 Å². The highest BCUT2D eigenvalue weighted by Gasteiger charge is 2.27. The van der Waals surface area contributed by atoms with Gasteiger partial charge >= 0.3 is 12.1 Å². The van der Waals surface area contributed by atoms with Gasteiger partial charge in [-0.25, -0.2) is 9.59 Å². The van der Waals surface area contributed by atoms with Crippen LogP contribution in [0.5, 0.6) is 0 Å². The van der Waals surface area contributed by atoms with E-state index in [4.69, 9.17) is 25.6 Å². The van der Waals surface area contributed by atoms with Crippen LogP contribution < -0.4 is 5.32 Å². The fourth-order valence-electron chi connectivity index (χ4n) is 4.23. The number of fused-ring (bicyclic) bond motifs is 1. The molecule has 4 rings (SSSR count). The molecule has 2 heterocycles. The summed E-state index contributed by atoms with van der Waals surface area (Å²) in [5.74, 6) is 0.221. The lowest BCUT2D eigenvalue weighted by Gasteiger charge is -2.22. The van der Waals surface area contributed by atoms with Gasteiger partial charge in [0.15, 0.2) is 0 Å². The zero-order valence-electron chi connectivity index (χ0n) is 22.0. The Bertz CT molecular complexity index is 1420. The van der Waals surface area contributed by atoms with Gasteiger partial charge in [0, 0.05) is 48.1 Å². The van der Waals surface area contributed by atoms with E-state index >= 15 is 0 Å². The van der Waals surface area contributed by atoms with Crippen LogP contribution in [0.2, 0.25) is 5.02 Å². The minimum atomic E-state index is -0.892. The molecule has 200 valence electrons. The number of aromatic nitrogens is 2. The van der Waals surface area contributed by atoms with E-state index in [1.807, 2.05) is 60.8 Å². The fraction of sp³-hybridized carbons (Fsp3) is 0.345. The number of carbonyl (C=O) groups is 2. The van der Waals surface area contributed by atoms with Gasteiger partial charge in [-0.15, -0.1) is 0 Å². The van der Waals surface area contributed by atoms with Crippen molar-refractivity contribution in [1.29, 1.82) is 0 Å². The molecule has 4 aromatic rings. The molecule has 0 spiro atoms. The third kappa shape index (κ3) is 6.75. The summed E-state index contributed by atoms with van der Waals surface area (Å²) < 4.78 is 18.3. The molecule has 2 aromatic carbocycles. The van der Waals surface area contributed by atoms with Crippen molar-refractivity contribution in [3.8, 4) is 11.3 Å². The van der Waals surface area contributed by atoms with E-state index in [2.05, 4.69) is 15.0 Å². The number of ether oxygens (including phenoxy) is 2. The number of rotatable bonds is 9. The van der Waals surface area contributed by atoms with Gasteiger partial charge in [-0.3, -0.25) is 0 Å². The summed E-state index contributed by atoms with van der Waals surface area (Å²) in [6.07, 6.45) is 2.19. The summed E-state index contributed by atoms with van der Waals surface area (Å²) in [6.45, 7) is 7.87. The van der Waals surface area contributed by atoms with Gasteiger partial charge < -0.3 is 23.9 Å². The molecule has 2 aromatic heterocycles. The standard InChI is InChI=1S/C29H32ClN3O5/c1-5-36-27(34)25(31-28(35)37-29(2,3)4)16-19-18-33(26-13-9-7-10-21(19)26)15-14-20-17-24(32-38-20)22-11-6-8-12-23(22)30/h6-13,17-18,25H,5,14-16H2,1-4H3,(H,31,35)/t25-/m0/s1. The molecule has 1 amide bonds. The van der Waals surface area contributed by atoms with E-state index in [1.54, 1.807) is 27.7 Å². The molecule has 0 fully saturated rings. The highest BCUT2D eigenvalue weighted by molar-refractivity contribution is 6.33. The first kappa shape index (κ1) is 27.3. The van der Waals surface area contributed by atoms with E-state index in [0.717, 1.165) is 27.8 Å². The Kier molecular flexibility index (Phi) is 8.42. The van der Waals surface area contributed by atoms with Crippen molar-refractivity contribution < 1.29 is 23.6 Å². The van der Waals surface area contributed by atoms with Crippen molar-refractivity contribution in [2.45, 2.75) is 58.7 Å². The van der Waals surface area contributed by atoms with Crippen molar-refractivity contribution in [2.75, 3.05) is 6.61 Å². The molecule has 0 aliphatic rings. The zero-order valence-corrected chi connectivity index (χ0v) is 22.7. The molecule has 0 unspecified atom stereocenters. The van der Waals surface area contributed by atoms with Crippen LogP contribution in [0.3, 0.4) is 0 Å². The quantitative estimate of drug-likeness (QED) is 0.256. The smallest absolute Gasteiger partial charge is 0.408 e. The normalized spacial score (nSPS) is 12.3. The molecule has 0 saturated heterocycles. The Morgan fingerprint density at radius 3 is 2.61 bits per heavy atom. The lowest BCUT2D eigenvalue weighted by molar-refractivity contribution is -0.145. The van der Waals surface area contributed by atoms with Crippen molar-refractivity contribution in [3.63, 3.8) is 0 Å². The number of halogens is 1. The maximum atomic E-state index is 12.7. The van der Waals surface area contributed by atoms with Gasteiger partial charge in [0.1, 0.15) is 23.1 Å². The van der Waals surface area contributed by atoms with Gasteiger partial charge in [0.25, 0.3) is 0 Å². The molecule has 0 bridgehead atoms. The molecular formula is C29H32ClN3O5. The van der Waals surface area contributed by atoms with Gasteiger partial charge in [0.2, 0.25) is 0 Å². The summed E-state index contributed by atoms with van der Waals surface area (Å²) in [5.41, 5.74) is 2.73. The van der Waals surface area contributed by atoms with E-state index < -0.39 is 23.7 Å². The maximum Gasteiger partial charge on any atom is 0.408 e. The average molecular weight is 538 g/mol. The fourth-order valence-corrected chi connectivity index (χ4v) is 4.47. The van der Waals surface area contributed by atoms with Crippen LogP contribution in [0, 0.1) is 0 Å². The summed E-state index contributed by atoms with van der Waals surface area (Å²) in [7, 11) is 0. The number of hydrogen-bond acceptors (Lipinski definition) is 6. The summed E-state index contributed by atoms with van der Waals surface area (Å²) in [4.78, 5) is 25.2. The monoisotopic (exact) mass is 537 g/mol. The Labute approximate surface area is 226 Å². The number of esters is 1. The Morgan fingerprint density at radius 2 is 1.87 bits per heavy atom. The molecule has 0 saturated carbocycles. The van der Waals surface area contributed by atoms with Crippen LogP contribution in [0.4, 0.5) is 4.79 Å². The Morgan fingerprint density at radius 1 is 1.13 bits per heavy atom. The van der Waals surface area contributed by atoms with Crippen LogP contribution in [0.25, 0.3) is 22.2 Å². The lowest BCUT2D eigenvalue weighted by Crippen LogP contribution is -2.45. The first-order valence-electron chi connectivity index (χ1n) is 12.6. The van der Waals surface area contributed by atoms with E-state index in [1.165, 1.54) is 0 Å². The second-order valence-corrected chi connectivity index (χ2v) is 10.3. The van der Waals surface area contributed by atoms with Crippen molar-refractivity contribution >= 4 is 34.6 Å². The molecule has 38 heavy (non-hydrogen) atoms. The second-order valence-electron chi connectivity index (χ2n) is 9.93. The average Bonchev–Trinajstić information content (AvgIpc) is 3.46. The number of para-hydroxylation sites is 1. The van der Waals surface area contributed by atoms with Crippen molar-refractivity contribution in [1.82, 2.24) is 15.0 Å². The van der Waals surface area contributed by atoms with Gasteiger partial charge in [0.05, 0.1) is 11.6 Å². The minimum Gasteiger partial charge on any atom is -0.464 e. The zero-order chi connectivity index (χ0) is 27.3. The van der Waals surface area contributed by atoms with Crippen LogP contribution in [-0.2, 0) is 33.7 Å². The van der Waals surface area contributed by atoms with E-state index in [9.17, 15) is 9.59 Å². The lowest BCUT2D eigenvalue weighted by atomic mass is 10.1. The van der Waals surface area contributed by atoms with Crippen LogP contribution >= 0.6 is 11.6 Å². The number of hydrogen-bond donors (Lipinski definition) is 1. The molecule has 0 aliphatic carbocycles. The highest BCUT2D eigenvalue weighted by atomic mass is 35.5. The number of aryl methyl sites for hydroxylation is 2. The van der Waals surface area contributed by atoms with Crippen molar-refractivity contribution in [3.05, 3.63) is 77.1 Å². The predicted octanol–water partition coefficient (Wildman–Crippen LogP) is 6.19. The third-order valence-electron chi connectivity index (χ3n) is 5.87. The number of nitrogens with one attached hydrogen (secondary N) is 1. The molecule has 0 aliphatic heterocycles. The number of carbonyl (C=O) groups excluding carboxylic acids is 2. The highest BCUT2D eigenvalue weighted by Crippen LogP contribution is 2.28. The van der Waals surface area contributed by atoms with Gasteiger partial charge in [-0.05, 0) is 45.4 Å². The maximum absolute atomic E-state index is 12.7. The SMILES string of the molecule is CCOC(=O)[C@H](Cc1cn(CCc2cc(-c3ccccc3Cl)no2)c2ccccc12)NC(=O)OC(C)(C)C. The summed E-state index contributed by atoms with van der Waals surface area (Å²) in [5, 5.41) is 8.47. The molecule has 8 nitrogen and oxygen atoms in total.